The maximum Gasteiger partial charge on any atom is 0.251 e. The number of likely N-dealkylation sites (N-methyl/N-ethyl adjacent to an activating group) is 1. The van der Waals surface area contributed by atoms with Gasteiger partial charge in [-0.15, -0.1) is 0 Å². The fraction of sp³-hybridized carbons (Fsp3) is 0.167. The molecule has 3 aromatic carbocycles. The maximum atomic E-state index is 12.4. The molecule has 3 rings (SSSR count). The van der Waals surface area contributed by atoms with Crippen molar-refractivity contribution in [2.24, 2.45) is 0 Å². The van der Waals surface area contributed by atoms with Crippen LogP contribution in [-0.4, -0.2) is 30.3 Å². The van der Waals surface area contributed by atoms with Gasteiger partial charge in [-0.1, -0.05) is 66.7 Å². The average Bonchev–Trinajstić information content (AvgIpc) is 2.74. The van der Waals surface area contributed by atoms with E-state index in [2.05, 4.69) is 5.32 Å². The summed E-state index contributed by atoms with van der Waals surface area (Å²) in [5.41, 5.74) is 4.92. The van der Waals surface area contributed by atoms with Gasteiger partial charge in [-0.05, 0) is 41.3 Å². The summed E-state index contributed by atoms with van der Waals surface area (Å²) in [6.07, 6.45) is 0. The lowest BCUT2D eigenvalue weighted by Crippen LogP contribution is -2.37. The van der Waals surface area contributed by atoms with Gasteiger partial charge in [-0.3, -0.25) is 9.59 Å². The summed E-state index contributed by atoms with van der Waals surface area (Å²) < 4.78 is 0. The van der Waals surface area contributed by atoms with E-state index in [1.54, 1.807) is 24.1 Å². The molecule has 4 heteroatoms. The predicted octanol–water partition coefficient (Wildman–Crippen LogP) is 4.05. The van der Waals surface area contributed by atoms with Crippen LogP contribution in [0.5, 0.6) is 0 Å². The van der Waals surface area contributed by atoms with Gasteiger partial charge in [0.2, 0.25) is 5.91 Å². The summed E-state index contributed by atoms with van der Waals surface area (Å²) in [7, 11) is 1.75. The predicted molar refractivity (Wildman–Crippen MR) is 112 cm³/mol. The molecule has 0 spiro atoms. The lowest BCUT2D eigenvalue weighted by molar-refractivity contribution is -0.129. The third-order valence-corrected chi connectivity index (χ3v) is 4.75. The van der Waals surface area contributed by atoms with Crippen LogP contribution in [-0.2, 0) is 11.3 Å². The molecule has 0 fully saturated rings. The number of nitrogens with one attached hydrogen (secondary N) is 1. The smallest absolute Gasteiger partial charge is 0.251 e. The Balaban J connectivity index is 1.54. The summed E-state index contributed by atoms with van der Waals surface area (Å²) in [6, 6.07) is 25.3. The molecular formula is C24H24N2O2. The van der Waals surface area contributed by atoms with Crippen molar-refractivity contribution in [3.05, 3.63) is 95.6 Å². The van der Waals surface area contributed by atoms with Gasteiger partial charge in [0.1, 0.15) is 0 Å². The summed E-state index contributed by atoms with van der Waals surface area (Å²) in [4.78, 5) is 26.3. The topological polar surface area (TPSA) is 49.4 Å². The van der Waals surface area contributed by atoms with Gasteiger partial charge in [0.25, 0.3) is 5.91 Å². The van der Waals surface area contributed by atoms with Crippen LogP contribution in [0.1, 0.15) is 21.5 Å². The Bertz CT molecular complexity index is 950. The highest BCUT2D eigenvalue weighted by Gasteiger charge is 2.13. The molecule has 0 atom stereocenters. The molecule has 0 aliphatic heterocycles. The molecule has 0 aliphatic carbocycles. The van der Waals surface area contributed by atoms with Crippen LogP contribution in [0.3, 0.4) is 0 Å². The van der Waals surface area contributed by atoms with Crippen LogP contribution in [0.2, 0.25) is 0 Å². The lowest BCUT2D eigenvalue weighted by Gasteiger charge is -2.19. The third kappa shape index (κ3) is 4.86. The second-order valence-electron chi connectivity index (χ2n) is 6.80. The molecule has 0 radical (unpaired) electrons. The van der Waals surface area contributed by atoms with Gasteiger partial charge in [0.15, 0.2) is 0 Å². The number of hydrogen-bond donors (Lipinski definition) is 1. The monoisotopic (exact) mass is 372 g/mol. The van der Waals surface area contributed by atoms with Gasteiger partial charge in [-0.25, -0.2) is 0 Å². The zero-order chi connectivity index (χ0) is 19.9. The maximum absolute atomic E-state index is 12.4. The van der Waals surface area contributed by atoms with Crippen LogP contribution < -0.4 is 5.32 Å². The van der Waals surface area contributed by atoms with E-state index in [4.69, 9.17) is 0 Å². The van der Waals surface area contributed by atoms with Crippen molar-refractivity contribution < 1.29 is 9.59 Å². The minimum Gasteiger partial charge on any atom is -0.343 e. The zero-order valence-corrected chi connectivity index (χ0v) is 16.2. The first-order valence-corrected chi connectivity index (χ1v) is 9.27. The van der Waals surface area contributed by atoms with Crippen molar-refractivity contribution in [2.45, 2.75) is 13.5 Å². The number of carbonyl (C=O) groups excluding carboxylic acids is 2. The van der Waals surface area contributed by atoms with E-state index in [1.807, 2.05) is 73.7 Å². The van der Waals surface area contributed by atoms with Crippen LogP contribution >= 0.6 is 0 Å². The first-order chi connectivity index (χ1) is 13.5. The van der Waals surface area contributed by atoms with Crippen molar-refractivity contribution in [3.8, 4) is 11.1 Å². The van der Waals surface area contributed by atoms with Gasteiger partial charge >= 0.3 is 0 Å². The second-order valence-corrected chi connectivity index (χ2v) is 6.80. The first kappa shape index (κ1) is 19.4. The number of nitrogens with zero attached hydrogens (tertiary/aromatic N) is 1. The zero-order valence-electron chi connectivity index (χ0n) is 16.2. The molecule has 0 aliphatic rings. The standard InChI is InChI=1S/C24H24N2O2/c1-18-8-6-7-11-22(18)17-26(2)23(27)16-25-24(28)21-14-12-20(13-15-21)19-9-4-3-5-10-19/h3-15H,16-17H2,1-2H3,(H,25,28). The number of amides is 2. The Hall–Kier alpha value is -3.40. The Labute approximate surface area is 165 Å². The number of rotatable bonds is 6. The second kappa shape index (κ2) is 9.00. The number of hydrogen-bond acceptors (Lipinski definition) is 2. The lowest BCUT2D eigenvalue weighted by atomic mass is 10.0. The van der Waals surface area contributed by atoms with Crippen LogP contribution in [0.15, 0.2) is 78.9 Å². The van der Waals surface area contributed by atoms with Crippen LogP contribution in [0, 0.1) is 6.92 Å². The normalized spacial score (nSPS) is 10.4. The van der Waals surface area contributed by atoms with Crippen LogP contribution in [0.25, 0.3) is 11.1 Å². The van der Waals surface area contributed by atoms with Crippen molar-refractivity contribution in [3.63, 3.8) is 0 Å². The van der Waals surface area contributed by atoms with Crippen molar-refractivity contribution in [1.29, 1.82) is 0 Å². The quantitative estimate of drug-likeness (QED) is 0.710. The van der Waals surface area contributed by atoms with Crippen LogP contribution in [0.4, 0.5) is 0 Å². The number of carbonyl (C=O) groups is 2. The minimum atomic E-state index is -0.253. The SMILES string of the molecule is Cc1ccccc1CN(C)C(=O)CNC(=O)c1ccc(-c2ccccc2)cc1. The summed E-state index contributed by atoms with van der Waals surface area (Å²) in [6.45, 7) is 2.52. The summed E-state index contributed by atoms with van der Waals surface area (Å²) in [5.74, 6) is -0.380. The molecule has 0 bridgehead atoms. The fourth-order valence-electron chi connectivity index (χ4n) is 2.97. The van der Waals surface area contributed by atoms with Gasteiger partial charge in [0.05, 0.1) is 6.54 Å². The van der Waals surface area contributed by atoms with Crippen molar-refractivity contribution >= 4 is 11.8 Å². The molecule has 4 nitrogen and oxygen atoms in total. The molecule has 2 amide bonds. The molecular weight excluding hydrogens is 348 g/mol. The van der Waals surface area contributed by atoms with E-state index < -0.39 is 0 Å². The molecule has 142 valence electrons. The molecule has 0 heterocycles. The summed E-state index contributed by atoms with van der Waals surface area (Å²) >= 11 is 0. The molecule has 3 aromatic rings. The van der Waals surface area contributed by atoms with Gasteiger partial charge in [0, 0.05) is 19.2 Å². The molecule has 0 saturated heterocycles. The minimum absolute atomic E-state index is 0.0261. The Morgan fingerprint density at radius 1 is 0.821 bits per heavy atom. The van der Waals surface area contributed by atoms with E-state index in [1.165, 1.54) is 0 Å². The van der Waals surface area contributed by atoms with E-state index in [0.717, 1.165) is 22.3 Å². The largest absolute Gasteiger partial charge is 0.343 e. The van der Waals surface area contributed by atoms with Crippen molar-refractivity contribution in [2.75, 3.05) is 13.6 Å². The molecule has 28 heavy (non-hydrogen) atoms. The first-order valence-electron chi connectivity index (χ1n) is 9.27. The Morgan fingerprint density at radius 3 is 2.11 bits per heavy atom. The molecule has 0 saturated carbocycles. The Morgan fingerprint density at radius 2 is 1.43 bits per heavy atom. The highest BCUT2D eigenvalue weighted by molar-refractivity contribution is 5.96. The van der Waals surface area contributed by atoms with E-state index >= 15 is 0 Å². The molecule has 0 unspecified atom stereocenters. The summed E-state index contributed by atoms with van der Waals surface area (Å²) in [5, 5.41) is 2.71. The Kier molecular flexibility index (Phi) is 6.22. The highest BCUT2D eigenvalue weighted by Crippen LogP contribution is 2.19. The number of benzene rings is 3. The molecule has 1 N–H and O–H groups in total. The van der Waals surface area contributed by atoms with Gasteiger partial charge in [-0.2, -0.15) is 0 Å². The highest BCUT2D eigenvalue weighted by atomic mass is 16.2. The average molecular weight is 372 g/mol. The number of aryl methyl sites for hydroxylation is 1. The van der Waals surface area contributed by atoms with E-state index in [9.17, 15) is 9.59 Å². The van der Waals surface area contributed by atoms with Gasteiger partial charge < -0.3 is 10.2 Å². The fourth-order valence-corrected chi connectivity index (χ4v) is 2.97. The molecule has 0 aromatic heterocycles. The van der Waals surface area contributed by atoms with Crippen molar-refractivity contribution in [1.82, 2.24) is 10.2 Å². The van der Waals surface area contributed by atoms with E-state index in [-0.39, 0.29) is 18.4 Å². The van der Waals surface area contributed by atoms with E-state index in [0.29, 0.717) is 12.1 Å². The third-order valence-electron chi connectivity index (χ3n) is 4.75.